The van der Waals surface area contributed by atoms with Crippen molar-refractivity contribution in [1.29, 1.82) is 0 Å². The Morgan fingerprint density at radius 2 is 1.67 bits per heavy atom. The Labute approximate surface area is 161 Å². The van der Waals surface area contributed by atoms with Gasteiger partial charge >= 0.3 is 0 Å². The Balaban J connectivity index is 1.69. The molecule has 0 aromatic heterocycles. The Hall–Kier alpha value is -0.930. The minimum absolute atomic E-state index is 0.00482. The Morgan fingerprint density at radius 3 is 2.38 bits per heavy atom. The van der Waals surface area contributed by atoms with Gasteiger partial charge in [-0.1, -0.05) is 52.5 Å². The summed E-state index contributed by atoms with van der Waals surface area (Å²) in [5, 5.41) is 1.99. The molecule has 0 saturated carbocycles. The van der Waals surface area contributed by atoms with Crippen molar-refractivity contribution >= 4 is 52.3 Å². The van der Waals surface area contributed by atoms with E-state index in [1.165, 1.54) is 0 Å². The summed E-state index contributed by atoms with van der Waals surface area (Å²) in [5.41, 5.74) is 2.67. The van der Waals surface area contributed by atoms with Crippen LogP contribution in [0.25, 0.3) is 0 Å². The lowest BCUT2D eigenvalue weighted by molar-refractivity contribution is 0.0709. The number of amides is 1. The molecule has 0 spiro atoms. The second kappa shape index (κ2) is 7.13. The predicted molar refractivity (Wildman–Crippen MR) is 101 cm³/mol. The highest BCUT2D eigenvalue weighted by molar-refractivity contribution is 6.42. The van der Waals surface area contributed by atoms with Crippen LogP contribution in [0.15, 0.2) is 30.3 Å². The fourth-order valence-electron chi connectivity index (χ4n) is 2.91. The number of benzene rings is 2. The van der Waals surface area contributed by atoms with E-state index in [1.807, 2.05) is 24.0 Å². The van der Waals surface area contributed by atoms with Gasteiger partial charge in [0, 0.05) is 18.2 Å². The number of carbonyl (C=O) groups excluding carboxylic acids is 1. The molecule has 2 aromatic carbocycles. The van der Waals surface area contributed by atoms with Crippen molar-refractivity contribution in [1.82, 2.24) is 4.90 Å². The van der Waals surface area contributed by atoms with E-state index in [0.29, 0.717) is 32.2 Å². The first-order chi connectivity index (χ1) is 11.4. The summed E-state index contributed by atoms with van der Waals surface area (Å²) in [6.07, 6.45) is 1.65. The van der Waals surface area contributed by atoms with Crippen LogP contribution in [0.1, 0.15) is 34.8 Å². The van der Waals surface area contributed by atoms with Crippen molar-refractivity contribution in [2.75, 3.05) is 0 Å². The summed E-state index contributed by atoms with van der Waals surface area (Å²) in [6, 6.07) is 9.16. The maximum Gasteiger partial charge on any atom is 0.254 e. The zero-order valence-corrected chi connectivity index (χ0v) is 16.0. The topological polar surface area (TPSA) is 20.3 Å². The van der Waals surface area contributed by atoms with Crippen LogP contribution in [-0.4, -0.2) is 16.8 Å². The average Bonchev–Trinajstić information content (AvgIpc) is 2.85. The molecule has 0 unspecified atom stereocenters. The van der Waals surface area contributed by atoms with Crippen molar-refractivity contribution in [3.05, 3.63) is 67.1 Å². The van der Waals surface area contributed by atoms with E-state index in [1.54, 1.807) is 18.2 Å². The van der Waals surface area contributed by atoms with E-state index in [2.05, 4.69) is 0 Å². The highest BCUT2D eigenvalue weighted by atomic mass is 35.5. The number of rotatable bonds is 4. The molecule has 1 amide bonds. The number of halogens is 4. The third-order valence-electron chi connectivity index (χ3n) is 4.34. The zero-order chi connectivity index (χ0) is 17.4. The maximum atomic E-state index is 12.6. The SMILES string of the molecule is C[C@H](CCc1ccc(Cl)c(Cl)c1)N1Cc2cc(Cl)c(Cl)cc2C1=O. The van der Waals surface area contributed by atoms with Crippen molar-refractivity contribution in [2.45, 2.75) is 32.4 Å². The van der Waals surface area contributed by atoms with Crippen molar-refractivity contribution in [3.63, 3.8) is 0 Å². The molecule has 0 N–H and O–H groups in total. The molecule has 2 nitrogen and oxygen atoms in total. The van der Waals surface area contributed by atoms with Crippen molar-refractivity contribution in [3.8, 4) is 0 Å². The molecule has 126 valence electrons. The summed E-state index contributed by atoms with van der Waals surface area (Å²) >= 11 is 24.1. The lowest BCUT2D eigenvalue weighted by atomic mass is 10.1. The van der Waals surface area contributed by atoms with E-state index in [-0.39, 0.29) is 11.9 Å². The van der Waals surface area contributed by atoms with E-state index in [4.69, 9.17) is 46.4 Å². The summed E-state index contributed by atoms with van der Waals surface area (Å²) in [6.45, 7) is 2.61. The lowest BCUT2D eigenvalue weighted by Gasteiger charge is -2.24. The van der Waals surface area contributed by atoms with E-state index in [0.717, 1.165) is 24.0 Å². The highest BCUT2D eigenvalue weighted by Crippen LogP contribution is 2.33. The molecule has 24 heavy (non-hydrogen) atoms. The molecule has 0 fully saturated rings. The second-order valence-electron chi connectivity index (χ2n) is 5.99. The standard InChI is InChI=1S/C18H15Cl4NO/c1-10(2-3-11-4-5-14(19)15(20)6-11)23-9-12-7-16(21)17(22)8-13(12)18(23)24/h4-8,10H,2-3,9H2,1H3/t10-/m1/s1. The molecular formula is C18H15Cl4NO. The molecule has 2 aromatic rings. The van der Waals surface area contributed by atoms with Crippen molar-refractivity contribution < 1.29 is 4.79 Å². The van der Waals surface area contributed by atoms with Crippen LogP contribution in [0.3, 0.4) is 0 Å². The molecule has 0 aliphatic carbocycles. The number of fused-ring (bicyclic) bond motifs is 1. The summed E-state index contributed by atoms with van der Waals surface area (Å²) < 4.78 is 0. The number of nitrogens with zero attached hydrogens (tertiary/aromatic N) is 1. The van der Waals surface area contributed by atoms with Gasteiger partial charge in [0.25, 0.3) is 5.91 Å². The molecule has 1 heterocycles. The van der Waals surface area contributed by atoms with Crippen LogP contribution in [0.4, 0.5) is 0 Å². The van der Waals surface area contributed by atoms with Crippen LogP contribution < -0.4 is 0 Å². The number of hydrogen-bond donors (Lipinski definition) is 0. The molecule has 6 heteroatoms. The summed E-state index contributed by atoms with van der Waals surface area (Å²) in [5.74, 6) is 0.00482. The van der Waals surface area contributed by atoms with Gasteiger partial charge in [0.2, 0.25) is 0 Å². The van der Waals surface area contributed by atoms with Crippen LogP contribution in [0, 0.1) is 0 Å². The van der Waals surface area contributed by atoms with Gasteiger partial charge in [0.05, 0.1) is 20.1 Å². The lowest BCUT2D eigenvalue weighted by Crippen LogP contribution is -2.33. The predicted octanol–water partition coefficient (Wildman–Crippen LogP) is 6.28. The minimum Gasteiger partial charge on any atom is -0.332 e. The molecule has 1 aliphatic rings. The smallest absolute Gasteiger partial charge is 0.254 e. The fraction of sp³-hybridized carbons (Fsp3) is 0.278. The van der Waals surface area contributed by atoms with Gasteiger partial charge in [-0.05, 0) is 55.2 Å². The van der Waals surface area contributed by atoms with E-state index >= 15 is 0 Å². The maximum absolute atomic E-state index is 12.6. The normalized spacial score (nSPS) is 14.9. The molecule has 0 bridgehead atoms. The molecule has 0 radical (unpaired) electrons. The van der Waals surface area contributed by atoms with Gasteiger partial charge in [0.1, 0.15) is 0 Å². The van der Waals surface area contributed by atoms with E-state index < -0.39 is 0 Å². The molecule has 0 saturated heterocycles. The first-order valence-corrected chi connectivity index (χ1v) is 9.11. The number of carbonyl (C=O) groups is 1. The quantitative estimate of drug-likeness (QED) is 0.589. The van der Waals surface area contributed by atoms with Gasteiger partial charge in [-0.2, -0.15) is 0 Å². The molecule has 1 atom stereocenters. The molecule has 1 aliphatic heterocycles. The Bertz CT molecular complexity index is 806. The number of aryl methyl sites for hydroxylation is 1. The third kappa shape index (κ3) is 3.52. The average molecular weight is 403 g/mol. The third-order valence-corrected chi connectivity index (χ3v) is 5.81. The van der Waals surface area contributed by atoms with Gasteiger partial charge in [-0.25, -0.2) is 0 Å². The van der Waals surface area contributed by atoms with Gasteiger partial charge in [-0.3, -0.25) is 4.79 Å². The van der Waals surface area contributed by atoms with Crippen LogP contribution >= 0.6 is 46.4 Å². The van der Waals surface area contributed by atoms with Crippen LogP contribution in [-0.2, 0) is 13.0 Å². The fourth-order valence-corrected chi connectivity index (χ4v) is 3.58. The Morgan fingerprint density at radius 1 is 1.00 bits per heavy atom. The van der Waals surface area contributed by atoms with E-state index in [9.17, 15) is 4.79 Å². The first-order valence-electron chi connectivity index (χ1n) is 7.59. The molecular weight excluding hydrogens is 388 g/mol. The number of hydrogen-bond acceptors (Lipinski definition) is 1. The van der Waals surface area contributed by atoms with Gasteiger partial charge in [-0.15, -0.1) is 0 Å². The summed E-state index contributed by atoms with van der Waals surface area (Å²) in [4.78, 5) is 14.5. The minimum atomic E-state index is 0.00482. The molecule has 3 rings (SSSR count). The van der Waals surface area contributed by atoms with Gasteiger partial charge in [0.15, 0.2) is 0 Å². The van der Waals surface area contributed by atoms with Crippen LogP contribution in [0.2, 0.25) is 20.1 Å². The first kappa shape index (κ1) is 17.9. The highest BCUT2D eigenvalue weighted by Gasteiger charge is 2.31. The van der Waals surface area contributed by atoms with Crippen molar-refractivity contribution in [2.24, 2.45) is 0 Å². The Kier molecular flexibility index (Phi) is 5.31. The summed E-state index contributed by atoms with van der Waals surface area (Å²) in [7, 11) is 0. The van der Waals surface area contributed by atoms with Gasteiger partial charge < -0.3 is 4.90 Å². The van der Waals surface area contributed by atoms with Crippen LogP contribution in [0.5, 0.6) is 0 Å². The largest absolute Gasteiger partial charge is 0.332 e. The monoisotopic (exact) mass is 401 g/mol. The second-order valence-corrected chi connectivity index (χ2v) is 7.62. The zero-order valence-electron chi connectivity index (χ0n) is 13.0.